The van der Waals surface area contributed by atoms with Gasteiger partial charge >= 0.3 is 0 Å². The number of hydrogen-bond acceptors (Lipinski definition) is 4. The second kappa shape index (κ2) is 7.67. The van der Waals surface area contributed by atoms with Crippen molar-refractivity contribution in [2.24, 2.45) is 0 Å². The number of nitrogens with one attached hydrogen (secondary N) is 1. The Balaban J connectivity index is 1.93. The molecule has 0 heterocycles. The molecule has 20 heavy (non-hydrogen) atoms. The standard InChI is InChI=1S/C16H26N2OS/c1-3-7-19-15-9-12(17)8-14(10-15)18-13-5-6-16(11-13)20-4-2/h8-10,13,16,18H,3-7,11,17H2,1-2H3. The summed E-state index contributed by atoms with van der Waals surface area (Å²) in [5.74, 6) is 2.08. The van der Waals surface area contributed by atoms with Crippen LogP contribution in [0.5, 0.6) is 5.75 Å². The van der Waals surface area contributed by atoms with Crippen LogP contribution in [0.2, 0.25) is 0 Å². The lowest BCUT2D eigenvalue weighted by molar-refractivity contribution is 0.318. The number of thioether (sulfide) groups is 1. The van der Waals surface area contributed by atoms with Crippen LogP contribution >= 0.6 is 11.8 Å². The van der Waals surface area contributed by atoms with Crippen molar-refractivity contribution in [2.45, 2.75) is 50.8 Å². The minimum atomic E-state index is 0.569. The molecule has 3 nitrogen and oxygen atoms in total. The van der Waals surface area contributed by atoms with Gasteiger partial charge in [0.2, 0.25) is 0 Å². The molecule has 0 aliphatic heterocycles. The first-order chi connectivity index (χ1) is 9.71. The minimum Gasteiger partial charge on any atom is -0.493 e. The quantitative estimate of drug-likeness (QED) is 0.742. The molecule has 2 rings (SSSR count). The topological polar surface area (TPSA) is 47.3 Å². The Morgan fingerprint density at radius 1 is 1.30 bits per heavy atom. The third kappa shape index (κ3) is 4.51. The predicted octanol–water partition coefficient (Wildman–Crippen LogP) is 4.14. The molecule has 1 aromatic carbocycles. The summed E-state index contributed by atoms with van der Waals surface area (Å²) < 4.78 is 5.68. The maximum Gasteiger partial charge on any atom is 0.123 e. The third-order valence-corrected chi connectivity index (χ3v) is 4.79. The van der Waals surface area contributed by atoms with Gasteiger partial charge < -0.3 is 15.8 Å². The molecule has 3 N–H and O–H groups in total. The second-order valence-corrected chi connectivity index (χ2v) is 6.95. The van der Waals surface area contributed by atoms with E-state index in [-0.39, 0.29) is 0 Å². The van der Waals surface area contributed by atoms with Crippen molar-refractivity contribution in [1.29, 1.82) is 0 Å². The van der Waals surface area contributed by atoms with Crippen molar-refractivity contribution in [3.63, 3.8) is 0 Å². The Morgan fingerprint density at radius 2 is 2.15 bits per heavy atom. The monoisotopic (exact) mass is 294 g/mol. The smallest absolute Gasteiger partial charge is 0.123 e. The highest BCUT2D eigenvalue weighted by Crippen LogP contribution is 2.32. The maximum atomic E-state index is 5.96. The van der Waals surface area contributed by atoms with Gasteiger partial charge in [-0.3, -0.25) is 0 Å². The van der Waals surface area contributed by atoms with Crippen LogP contribution < -0.4 is 15.8 Å². The Morgan fingerprint density at radius 3 is 2.90 bits per heavy atom. The molecule has 0 spiro atoms. The molecule has 1 fully saturated rings. The number of nitrogen functional groups attached to an aromatic ring is 1. The van der Waals surface area contributed by atoms with Crippen LogP contribution in [0.15, 0.2) is 18.2 Å². The Kier molecular flexibility index (Phi) is 5.89. The average molecular weight is 294 g/mol. The predicted molar refractivity (Wildman–Crippen MR) is 89.8 cm³/mol. The van der Waals surface area contributed by atoms with Crippen LogP contribution in [-0.2, 0) is 0 Å². The number of nitrogens with two attached hydrogens (primary N) is 1. The summed E-state index contributed by atoms with van der Waals surface area (Å²) in [5, 5.41) is 4.43. The van der Waals surface area contributed by atoms with Crippen LogP contribution in [-0.4, -0.2) is 23.7 Å². The number of hydrogen-bond donors (Lipinski definition) is 2. The SMILES string of the molecule is CCCOc1cc(N)cc(NC2CCC(SCC)C2)c1. The highest BCUT2D eigenvalue weighted by atomic mass is 32.2. The first-order valence-corrected chi connectivity index (χ1v) is 8.67. The van der Waals surface area contributed by atoms with Gasteiger partial charge in [0.15, 0.2) is 0 Å². The number of anilines is 2. The molecule has 1 aliphatic carbocycles. The van der Waals surface area contributed by atoms with Crippen molar-refractivity contribution < 1.29 is 4.74 Å². The molecule has 2 unspecified atom stereocenters. The summed E-state index contributed by atoms with van der Waals surface area (Å²) in [6, 6.07) is 6.52. The zero-order valence-electron chi connectivity index (χ0n) is 12.5. The van der Waals surface area contributed by atoms with E-state index in [1.807, 2.05) is 12.1 Å². The summed E-state index contributed by atoms with van der Waals surface area (Å²) >= 11 is 2.08. The molecular formula is C16H26N2OS. The summed E-state index contributed by atoms with van der Waals surface area (Å²) in [6.45, 7) is 5.08. The Bertz CT molecular complexity index is 425. The van der Waals surface area contributed by atoms with E-state index >= 15 is 0 Å². The fourth-order valence-corrected chi connectivity index (χ4v) is 3.85. The van der Waals surface area contributed by atoms with Crippen molar-refractivity contribution in [3.8, 4) is 5.75 Å². The molecule has 0 bridgehead atoms. The lowest BCUT2D eigenvalue weighted by Gasteiger charge is -2.16. The van der Waals surface area contributed by atoms with E-state index in [2.05, 4.69) is 37.0 Å². The highest BCUT2D eigenvalue weighted by Gasteiger charge is 2.24. The number of ether oxygens (including phenoxy) is 1. The molecule has 1 aliphatic rings. The van der Waals surface area contributed by atoms with E-state index in [1.54, 1.807) is 0 Å². The van der Waals surface area contributed by atoms with Gasteiger partial charge in [0.05, 0.1) is 6.61 Å². The van der Waals surface area contributed by atoms with Crippen LogP contribution in [0.4, 0.5) is 11.4 Å². The number of rotatable bonds is 7. The number of benzene rings is 1. The highest BCUT2D eigenvalue weighted by molar-refractivity contribution is 7.99. The van der Waals surface area contributed by atoms with Gasteiger partial charge in [-0.05, 0) is 37.5 Å². The molecule has 0 radical (unpaired) electrons. The molecule has 1 aromatic rings. The first-order valence-electron chi connectivity index (χ1n) is 7.62. The van der Waals surface area contributed by atoms with E-state index in [9.17, 15) is 0 Å². The van der Waals surface area contributed by atoms with E-state index in [0.29, 0.717) is 6.04 Å². The van der Waals surface area contributed by atoms with E-state index in [1.165, 1.54) is 25.0 Å². The molecule has 1 saturated carbocycles. The lowest BCUT2D eigenvalue weighted by atomic mass is 10.2. The molecular weight excluding hydrogens is 268 g/mol. The molecule has 0 amide bonds. The fourth-order valence-electron chi connectivity index (χ4n) is 2.70. The largest absolute Gasteiger partial charge is 0.493 e. The second-order valence-electron chi connectivity index (χ2n) is 5.37. The van der Waals surface area contributed by atoms with Crippen LogP contribution in [0.25, 0.3) is 0 Å². The summed E-state index contributed by atoms with van der Waals surface area (Å²) in [6.07, 6.45) is 4.82. The zero-order chi connectivity index (χ0) is 14.4. The molecule has 4 heteroatoms. The van der Waals surface area contributed by atoms with E-state index < -0.39 is 0 Å². The normalized spacial score (nSPS) is 21.9. The van der Waals surface area contributed by atoms with Crippen molar-refractivity contribution >= 4 is 23.1 Å². The van der Waals surface area contributed by atoms with Crippen LogP contribution in [0.1, 0.15) is 39.5 Å². The molecule has 0 aromatic heterocycles. The average Bonchev–Trinajstić information content (AvgIpc) is 2.83. The zero-order valence-corrected chi connectivity index (χ0v) is 13.3. The molecule has 112 valence electrons. The summed E-state index contributed by atoms with van der Waals surface area (Å²) in [5.41, 5.74) is 7.81. The van der Waals surface area contributed by atoms with Crippen molar-refractivity contribution in [3.05, 3.63) is 18.2 Å². The van der Waals surface area contributed by atoms with Gasteiger partial charge in [0.25, 0.3) is 0 Å². The van der Waals surface area contributed by atoms with Crippen LogP contribution in [0.3, 0.4) is 0 Å². The Labute approximate surface area is 126 Å². The lowest BCUT2D eigenvalue weighted by Crippen LogP contribution is -2.16. The molecule has 2 atom stereocenters. The van der Waals surface area contributed by atoms with E-state index in [0.717, 1.165) is 35.4 Å². The maximum absolute atomic E-state index is 5.96. The van der Waals surface area contributed by atoms with Gasteiger partial charge in [0, 0.05) is 34.8 Å². The minimum absolute atomic E-state index is 0.569. The van der Waals surface area contributed by atoms with Crippen molar-refractivity contribution in [2.75, 3.05) is 23.4 Å². The van der Waals surface area contributed by atoms with Gasteiger partial charge in [-0.15, -0.1) is 0 Å². The van der Waals surface area contributed by atoms with Crippen LogP contribution in [0, 0.1) is 0 Å². The summed E-state index contributed by atoms with van der Waals surface area (Å²) in [7, 11) is 0. The van der Waals surface area contributed by atoms with Gasteiger partial charge in [-0.2, -0.15) is 11.8 Å². The van der Waals surface area contributed by atoms with E-state index in [4.69, 9.17) is 10.5 Å². The molecule has 0 saturated heterocycles. The van der Waals surface area contributed by atoms with Gasteiger partial charge in [-0.1, -0.05) is 13.8 Å². The van der Waals surface area contributed by atoms with Gasteiger partial charge in [-0.25, -0.2) is 0 Å². The van der Waals surface area contributed by atoms with Crippen molar-refractivity contribution in [1.82, 2.24) is 0 Å². The summed E-state index contributed by atoms with van der Waals surface area (Å²) in [4.78, 5) is 0. The Hall–Kier alpha value is -1.03. The van der Waals surface area contributed by atoms with Gasteiger partial charge in [0.1, 0.15) is 5.75 Å². The first kappa shape index (κ1) is 15.4. The fraction of sp³-hybridized carbons (Fsp3) is 0.625. The third-order valence-electron chi connectivity index (χ3n) is 3.56.